The van der Waals surface area contributed by atoms with E-state index in [4.69, 9.17) is 9.47 Å². The highest BCUT2D eigenvalue weighted by molar-refractivity contribution is 6.00. The molecule has 0 amide bonds. The molecule has 234 valence electrons. The minimum absolute atomic E-state index is 0.136. The van der Waals surface area contributed by atoms with Gasteiger partial charge in [-0.05, 0) is 44.4 Å². The molecule has 0 aromatic heterocycles. The average Bonchev–Trinajstić information content (AvgIpc) is 2.97. The Balaban J connectivity index is 2.84. The quantitative estimate of drug-likeness (QED) is 0.0597. The Kier molecular flexibility index (Phi) is 24.4. The summed E-state index contributed by atoms with van der Waals surface area (Å²) in [6.45, 7) is 7.62. The van der Waals surface area contributed by atoms with Gasteiger partial charge >= 0.3 is 11.9 Å². The number of carbonyl (C=O) groups excluding carboxylic acids is 2. The van der Waals surface area contributed by atoms with Crippen LogP contribution in [-0.4, -0.2) is 25.2 Å². The number of ether oxygens (including phenoxy) is 2. The van der Waals surface area contributed by atoms with Crippen LogP contribution in [0.15, 0.2) is 11.1 Å². The second-order valence-electron chi connectivity index (χ2n) is 12.3. The van der Waals surface area contributed by atoms with E-state index in [-0.39, 0.29) is 17.9 Å². The van der Waals surface area contributed by atoms with E-state index in [1.807, 2.05) is 0 Å². The van der Waals surface area contributed by atoms with Crippen molar-refractivity contribution in [3.8, 4) is 0 Å². The third kappa shape index (κ3) is 18.2. The molecular formula is C36H66O4. The molecule has 0 radical (unpaired) electrons. The first-order valence-electron chi connectivity index (χ1n) is 17.7. The molecule has 0 atom stereocenters. The van der Waals surface area contributed by atoms with Gasteiger partial charge in [-0.1, -0.05) is 149 Å². The molecule has 0 spiro atoms. The van der Waals surface area contributed by atoms with E-state index in [1.54, 1.807) is 0 Å². The molecule has 0 heterocycles. The molecule has 0 bridgehead atoms. The molecule has 4 heteroatoms. The van der Waals surface area contributed by atoms with Gasteiger partial charge in [-0.15, -0.1) is 0 Å². The van der Waals surface area contributed by atoms with Gasteiger partial charge in [-0.25, -0.2) is 9.59 Å². The Morgan fingerprint density at radius 3 is 1.38 bits per heavy atom. The molecule has 0 unspecified atom stereocenters. The maximum atomic E-state index is 13.5. The SMILES string of the molecule is CCCCCCCCCCC(C(=O)OCCCCCCCC)=C(C(=O)OCCCCCCCC)C1CCCCC1. The van der Waals surface area contributed by atoms with Crippen molar-refractivity contribution in [2.45, 2.75) is 188 Å². The van der Waals surface area contributed by atoms with E-state index < -0.39 is 0 Å². The van der Waals surface area contributed by atoms with Crippen molar-refractivity contribution >= 4 is 11.9 Å². The summed E-state index contributed by atoms with van der Waals surface area (Å²) < 4.78 is 11.7. The predicted molar refractivity (Wildman–Crippen MR) is 169 cm³/mol. The summed E-state index contributed by atoms with van der Waals surface area (Å²) in [6, 6.07) is 0. The minimum Gasteiger partial charge on any atom is -0.462 e. The van der Waals surface area contributed by atoms with Gasteiger partial charge in [-0.2, -0.15) is 0 Å². The van der Waals surface area contributed by atoms with Crippen molar-refractivity contribution in [2.75, 3.05) is 13.2 Å². The number of unbranched alkanes of at least 4 members (excludes halogenated alkanes) is 17. The van der Waals surface area contributed by atoms with Crippen LogP contribution < -0.4 is 0 Å². The van der Waals surface area contributed by atoms with E-state index >= 15 is 0 Å². The molecule has 0 saturated heterocycles. The van der Waals surface area contributed by atoms with Crippen LogP contribution in [0.1, 0.15) is 188 Å². The summed E-state index contributed by atoms with van der Waals surface area (Å²) in [5, 5.41) is 0. The van der Waals surface area contributed by atoms with Gasteiger partial charge in [0.05, 0.1) is 18.8 Å². The first-order valence-corrected chi connectivity index (χ1v) is 17.7. The van der Waals surface area contributed by atoms with Crippen molar-refractivity contribution in [3.63, 3.8) is 0 Å². The molecule has 1 rings (SSSR count). The number of carbonyl (C=O) groups is 2. The second-order valence-corrected chi connectivity index (χ2v) is 12.3. The summed E-state index contributed by atoms with van der Waals surface area (Å²) in [7, 11) is 0. The van der Waals surface area contributed by atoms with Gasteiger partial charge in [-0.3, -0.25) is 0 Å². The van der Waals surface area contributed by atoms with E-state index in [9.17, 15) is 9.59 Å². The molecule has 4 nitrogen and oxygen atoms in total. The molecule has 1 saturated carbocycles. The lowest BCUT2D eigenvalue weighted by Crippen LogP contribution is -2.24. The molecule has 0 aromatic carbocycles. The van der Waals surface area contributed by atoms with Crippen molar-refractivity contribution in [3.05, 3.63) is 11.1 Å². The monoisotopic (exact) mass is 562 g/mol. The summed E-state index contributed by atoms with van der Waals surface area (Å²) >= 11 is 0. The molecule has 1 fully saturated rings. The highest BCUT2D eigenvalue weighted by Gasteiger charge is 2.31. The van der Waals surface area contributed by atoms with Crippen molar-refractivity contribution in [1.82, 2.24) is 0 Å². The van der Waals surface area contributed by atoms with Crippen LogP contribution in [0.3, 0.4) is 0 Å². The topological polar surface area (TPSA) is 52.6 Å². The van der Waals surface area contributed by atoms with Crippen molar-refractivity contribution in [2.24, 2.45) is 5.92 Å². The van der Waals surface area contributed by atoms with Crippen LogP contribution in [0, 0.1) is 5.92 Å². The fourth-order valence-corrected chi connectivity index (χ4v) is 5.97. The van der Waals surface area contributed by atoms with Crippen LogP contribution in [0.5, 0.6) is 0 Å². The minimum atomic E-state index is -0.256. The summed E-state index contributed by atoms with van der Waals surface area (Å²) in [4.78, 5) is 27.0. The number of hydrogen-bond donors (Lipinski definition) is 0. The van der Waals surface area contributed by atoms with E-state index in [2.05, 4.69) is 20.8 Å². The van der Waals surface area contributed by atoms with E-state index in [0.717, 1.165) is 64.2 Å². The lowest BCUT2D eigenvalue weighted by molar-refractivity contribution is -0.143. The molecule has 0 aromatic rings. The highest BCUT2D eigenvalue weighted by atomic mass is 16.5. The maximum Gasteiger partial charge on any atom is 0.334 e. The standard InChI is InChI=1S/C36H66O4/c1-4-7-10-13-16-17-18-24-29-33(35(37)39-30-25-19-14-11-8-5-2)34(32-27-22-21-23-28-32)36(38)40-31-26-20-15-12-9-6-3/h32H,4-31H2,1-3H3. The summed E-state index contributed by atoms with van der Waals surface area (Å²) in [5.41, 5.74) is 1.30. The number of hydrogen-bond acceptors (Lipinski definition) is 4. The van der Waals surface area contributed by atoms with Crippen LogP contribution in [0.2, 0.25) is 0 Å². The number of esters is 2. The molecular weight excluding hydrogens is 496 g/mol. The zero-order valence-corrected chi connectivity index (χ0v) is 27.0. The first-order chi connectivity index (χ1) is 19.7. The third-order valence-corrected chi connectivity index (χ3v) is 8.55. The lowest BCUT2D eigenvalue weighted by Gasteiger charge is -2.26. The molecule has 40 heavy (non-hydrogen) atoms. The predicted octanol–water partition coefficient (Wildman–Crippen LogP) is 11.2. The first kappa shape index (κ1) is 36.7. The molecule has 1 aliphatic rings. The van der Waals surface area contributed by atoms with Crippen molar-refractivity contribution < 1.29 is 19.1 Å². The van der Waals surface area contributed by atoms with Crippen LogP contribution in [0.25, 0.3) is 0 Å². The van der Waals surface area contributed by atoms with E-state index in [0.29, 0.717) is 30.8 Å². The lowest BCUT2D eigenvalue weighted by atomic mass is 9.80. The van der Waals surface area contributed by atoms with Gasteiger partial charge in [0.2, 0.25) is 0 Å². The average molecular weight is 563 g/mol. The Bertz CT molecular complexity index is 647. The second kappa shape index (κ2) is 26.6. The van der Waals surface area contributed by atoms with Gasteiger partial charge in [0.1, 0.15) is 0 Å². The van der Waals surface area contributed by atoms with Gasteiger partial charge in [0.15, 0.2) is 0 Å². The van der Waals surface area contributed by atoms with Crippen LogP contribution >= 0.6 is 0 Å². The van der Waals surface area contributed by atoms with Gasteiger partial charge in [0.25, 0.3) is 0 Å². The van der Waals surface area contributed by atoms with Crippen LogP contribution in [-0.2, 0) is 19.1 Å². The maximum absolute atomic E-state index is 13.5. The molecule has 0 aliphatic heterocycles. The van der Waals surface area contributed by atoms with Crippen molar-refractivity contribution in [1.29, 1.82) is 0 Å². The summed E-state index contributed by atoms with van der Waals surface area (Å²) in [5.74, 6) is -0.364. The van der Waals surface area contributed by atoms with Crippen LogP contribution in [0.4, 0.5) is 0 Å². The molecule has 1 aliphatic carbocycles. The summed E-state index contributed by atoms with van der Waals surface area (Å²) in [6.07, 6.45) is 29.7. The third-order valence-electron chi connectivity index (χ3n) is 8.55. The molecule has 0 N–H and O–H groups in total. The fraction of sp³-hybridized carbons (Fsp3) is 0.889. The normalized spacial score (nSPS) is 14.7. The largest absolute Gasteiger partial charge is 0.462 e. The Morgan fingerprint density at radius 2 is 0.900 bits per heavy atom. The highest BCUT2D eigenvalue weighted by Crippen LogP contribution is 2.34. The Hall–Kier alpha value is -1.32. The number of rotatable bonds is 26. The Labute approximate surface area is 248 Å². The van der Waals surface area contributed by atoms with Gasteiger partial charge < -0.3 is 9.47 Å². The van der Waals surface area contributed by atoms with Gasteiger partial charge in [0, 0.05) is 5.57 Å². The smallest absolute Gasteiger partial charge is 0.334 e. The fourth-order valence-electron chi connectivity index (χ4n) is 5.97. The zero-order chi connectivity index (χ0) is 29.1. The Morgan fingerprint density at radius 1 is 0.500 bits per heavy atom. The van der Waals surface area contributed by atoms with E-state index in [1.165, 1.54) is 96.3 Å². The zero-order valence-electron chi connectivity index (χ0n) is 27.0.